The molecule has 0 radical (unpaired) electrons. The van der Waals surface area contributed by atoms with E-state index in [1.165, 1.54) is 10.8 Å². The largest absolute Gasteiger partial charge is 0.382 e. The van der Waals surface area contributed by atoms with E-state index < -0.39 is 23.6 Å². The fourth-order valence-electron chi connectivity index (χ4n) is 3.71. The Kier molecular flexibility index (Phi) is 6.69. The number of nitrogen functional groups attached to an aromatic ring is 1. The van der Waals surface area contributed by atoms with E-state index >= 15 is 0 Å². The first kappa shape index (κ1) is 22.1. The van der Waals surface area contributed by atoms with Gasteiger partial charge >= 0.3 is 0 Å². The van der Waals surface area contributed by atoms with Crippen LogP contribution >= 0.6 is 0 Å². The Bertz CT molecular complexity index is 916. The topological polar surface area (TPSA) is 113 Å². The Hall–Kier alpha value is -2.56. The van der Waals surface area contributed by atoms with E-state index in [9.17, 15) is 5.11 Å². The van der Waals surface area contributed by atoms with Crippen molar-refractivity contribution in [2.75, 3.05) is 32.2 Å². The van der Waals surface area contributed by atoms with Crippen LogP contribution in [0.1, 0.15) is 12.6 Å². The molecule has 0 spiro atoms. The minimum Gasteiger partial charge on any atom is -0.382 e. The standard InChI is InChI=1S/C21H28N4O5/c1-5-10-27-13-16-18(28-11-6-2)20(4,29-12-7-3)21(26,30-16)17-9-8-15-19(22)23-14-24-25(15)17/h5-9,14,16,18,26H,1-3,10-13H2,4H3,(H2,22,23,24)/t16-,18-,20-,21?/m1/s1. The summed E-state index contributed by atoms with van der Waals surface area (Å²) >= 11 is 0. The minimum atomic E-state index is -1.93. The summed E-state index contributed by atoms with van der Waals surface area (Å²) in [4.78, 5) is 3.99. The van der Waals surface area contributed by atoms with Crippen molar-refractivity contribution in [2.24, 2.45) is 0 Å². The van der Waals surface area contributed by atoms with Crippen LogP contribution < -0.4 is 5.73 Å². The molecular weight excluding hydrogens is 388 g/mol. The number of nitrogens with zero attached hydrogens (tertiary/aromatic N) is 3. The summed E-state index contributed by atoms with van der Waals surface area (Å²) in [6, 6.07) is 3.38. The lowest BCUT2D eigenvalue weighted by molar-refractivity contribution is -0.288. The van der Waals surface area contributed by atoms with E-state index in [4.69, 9.17) is 24.7 Å². The molecule has 0 saturated carbocycles. The molecule has 0 amide bonds. The van der Waals surface area contributed by atoms with Crippen molar-refractivity contribution in [1.29, 1.82) is 0 Å². The van der Waals surface area contributed by atoms with Crippen LogP contribution in [-0.2, 0) is 24.7 Å². The normalized spacial score (nSPS) is 28.6. The van der Waals surface area contributed by atoms with Gasteiger partial charge in [-0.3, -0.25) is 0 Å². The molecule has 1 fully saturated rings. The maximum atomic E-state index is 11.9. The highest BCUT2D eigenvalue weighted by Gasteiger charge is 2.66. The molecule has 3 rings (SSSR count). The third-order valence-electron chi connectivity index (χ3n) is 5.12. The second kappa shape index (κ2) is 9.07. The molecule has 162 valence electrons. The number of anilines is 1. The van der Waals surface area contributed by atoms with E-state index in [-0.39, 0.29) is 25.6 Å². The van der Waals surface area contributed by atoms with Gasteiger partial charge in [0.15, 0.2) is 11.4 Å². The number of rotatable bonds is 11. The van der Waals surface area contributed by atoms with Gasteiger partial charge in [0.2, 0.25) is 5.79 Å². The van der Waals surface area contributed by atoms with Gasteiger partial charge in [0, 0.05) is 0 Å². The summed E-state index contributed by atoms with van der Waals surface area (Å²) in [5, 5.41) is 16.1. The second-order valence-electron chi connectivity index (χ2n) is 7.04. The van der Waals surface area contributed by atoms with Crippen molar-refractivity contribution in [3.8, 4) is 0 Å². The molecule has 1 aliphatic rings. The zero-order valence-corrected chi connectivity index (χ0v) is 17.1. The van der Waals surface area contributed by atoms with Gasteiger partial charge in [-0.25, -0.2) is 9.50 Å². The number of hydrogen-bond acceptors (Lipinski definition) is 8. The molecule has 1 aliphatic heterocycles. The van der Waals surface area contributed by atoms with Crippen molar-refractivity contribution in [1.82, 2.24) is 14.6 Å². The van der Waals surface area contributed by atoms with Gasteiger partial charge < -0.3 is 29.8 Å². The molecule has 9 heteroatoms. The first-order chi connectivity index (χ1) is 14.4. The highest BCUT2D eigenvalue weighted by atomic mass is 16.7. The van der Waals surface area contributed by atoms with Gasteiger partial charge in [0.25, 0.3) is 0 Å². The van der Waals surface area contributed by atoms with Crippen LogP contribution in [0.25, 0.3) is 5.52 Å². The van der Waals surface area contributed by atoms with Crippen LogP contribution in [0.15, 0.2) is 56.4 Å². The molecule has 0 bridgehead atoms. The third kappa shape index (κ3) is 3.66. The van der Waals surface area contributed by atoms with E-state index in [1.54, 1.807) is 37.3 Å². The lowest BCUT2D eigenvalue weighted by Crippen LogP contribution is -2.56. The van der Waals surface area contributed by atoms with Crippen molar-refractivity contribution >= 4 is 11.3 Å². The Morgan fingerprint density at radius 1 is 1.23 bits per heavy atom. The van der Waals surface area contributed by atoms with Crippen LogP contribution in [-0.4, -0.2) is 63.9 Å². The molecule has 4 atom stereocenters. The van der Waals surface area contributed by atoms with E-state index in [1.807, 2.05) is 0 Å². The number of aromatic nitrogens is 3. The highest BCUT2D eigenvalue weighted by Crippen LogP contribution is 2.49. The highest BCUT2D eigenvalue weighted by molar-refractivity contribution is 5.65. The summed E-state index contributed by atoms with van der Waals surface area (Å²) in [6.45, 7) is 13.7. The fourth-order valence-corrected chi connectivity index (χ4v) is 3.71. The third-order valence-corrected chi connectivity index (χ3v) is 5.12. The van der Waals surface area contributed by atoms with Crippen molar-refractivity contribution < 1.29 is 24.1 Å². The molecular formula is C21H28N4O5. The summed E-state index contributed by atoms with van der Waals surface area (Å²) < 4.78 is 25.3. The number of hydrogen-bond donors (Lipinski definition) is 2. The summed E-state index contributed by atoms with van der Waals surface area (Å²) in [5.41, 5.74) is 5.49. The molecule has 0 aromatic carbocycles. The van der Waals surface area contributed by atoms with E-state index in [0.717, 1.165) is 0 Å². The van der Waals surface area contributed by atoms with E-state index in [2.05, 4.69) is 29.8 Å². The van der Waals surface area contributed by atoms with Gasteiger partial charge in [-0.05, 0) is 19.1 Å². The summed E-state index contributed by atoms with van der Waals surface area (Å²) in [6.07, 6.45) is 4.82. The van der Waals surface area contributed by atoms with Gasteiger partial charge in [0.05, 0.1) is 26.4 Å². The Balaban J connectivity index is 2.10. The Morgan fingerprint density at radius 2 is 1.97 bits per heavy atom. The number of ether oxygens (including phenoxy) is 4. The Morgan fingerprint density at radius 3 is 2.67 bits per heavy atom. The van der Waals surface area contributed by atoms with Crippen LogP contribution in [0.2, 0.25) is 0 Å². The maximum Gasteiger partial charge on any atom is 0.243 e. The zero-order chi connectivity index (χ0) is 21.8. The van der Waals surface area contributed by atoms with Gasteiger partial charge in [0.1, 0.15) is 29.7 Å². The molecule has 30 heavy (non-hydrogen) atoms. The average Bonchev–Trinajstić information content (AvgIpc) is 3.25. The van der Waals surface area contributed by atoms with E-state index in [0.29, 0.717) is 17.8 Å². The van der Waals surface area contributed by atoms with Crippen molar-refractivity contribution in [2.45, 2.75) is 30.5 Å². The lowest BCUT2D eigenvalue weighted by Gasteiger charge is -2.39. The molecule has 1 saturated heterocycles. The lowest BCUT2D eigenvalue weighted by atomic mass is 9.87. The van der Waals surface area contributed by atoms with Crippen molar-refractivity contribution in [3.63, 3.8) is 0 Å². The predicted molar refractivity (Wildman–Crippen MR) is 112 cm³/mol. The molecule has 2 aromatic rings. The SMILES string of the molecule is C=CCOC[C@H]1OC(O)(c2ccc3c(N)ncnn23)[C@](C)(OCC=C)[C@@H]1OCC=C. The average molecular weight is 416 g/mol. The molecule has 3 N–H and O–H groups in total. The fraction of sp³-hybridized carbons (Fsp3) is 0.429. The molecule has 3 heterocycles. The van der Waals surface area contributed by atoms with Crippen LogP contribution in [0.4, 0.5) is 5.82 Å². The van der Waals surface area contributed by atoms with Gasteiger partial charge in [-0.2, -0.15) is 5.10 Å². The summed E-state index contributed by atoms with van der Waals surface area (Å²) in [7, 11) is 0. The molecule has 2 aromatic heterocycles. The zero-order valence-electron chi connectivity index (χ0n) is 17.1. The predicted octanol–water partition coefficient (Wildman–Crippen LogP) is 1.59. The molecule has 1 unspecified atom stereocenters. The first-order valence-electron chi connectivity index (χ1n) is 9.57. The number of aliphatic hydroxyl groups is 1. The van der Waals surface area contributed by atoms with Crippen LogP contribution in [0.3, 0.4) is 0 Å². The quantitative estimate of drug-likeness (QED) is 0.419. The monoisotopic (exact) mass is 416 g/mol. The van der Waals surface area contributed by atoms with Gasteiger partial charge in [-0.15, -0.1) is 19.7 Å². The molecule has 0 aliphatic carbocycles. The second-order valence-corrected chi connectivity index (χ2v) is 7.04. The minimum absolute atomic E-state index is 0.156. The number of fused-ring (bicyclic) bond motifs is 1. The van der Waals surface area contributed by atoms with Crippen LogP contribution in [0, 0.1) is 0 Å². The smallest absolute Gasteiger partial charge is 0.243 e. The van der Waals surface area contributed by atoms with Crippen molar-refractivity contribution in [3.05, 3.63) is 62.1 Å². The first-order valence-corrected chi connectivity index (χ1v) is 9.57. The summed E-state index contributed by atoms with van der Waals surface area (Å²) in [5.74, 6) is -1.66. The maximum absolute atomic E-state index is 11.9. The van der Waals surface area contributed by atoms with Crippen LogP contribution in [0.5, 0.6) is 0 Å². The molecule has 9 nitrogen and oxygen atoms in total. The number of nitrogens with two attached hydrogens (primary N) is 1. The van der Waals surface area contributed by atoms with Gasteiger partial charge in [-0.1, -0.05) is 18.2 Å². The Labute approximate surface area is 175 Å².